The number of nitrogens with zero attached hydrogens (tertiary/aromatic N) is 5. The Morgan fingerprint density at radius 1 is 1.25 bits per heavy atom. The van der Waals surface area contributed by atoms with Gasteiger partial charge < -0.3 is 4.98 Å². The number of rotatable bonds is 1. The summed E-state index contributed by atoms with van der Waals surface area (Å²) in [6.07, 6.45) is 0.700. The van der Waals surface area contributed by atoms with Crippen LogP contribution in [0.25, 0.3) is 27.7 Å². The lowest BCUT2D eigenvalue weighted by molar-refractivity contribution is 0.893. The summed E-state index contributed by atoms with van der Waals surface area (Å²) in [5.41, 5.74) is 1.37. The number of aromatic amines is 1. The second-order valence-electron chi connectivity index (χ2n) is 4.49. The number of H-pyrrole nitrogens is 1. The number of para-hydroxylation sites is 1. The third-order valence-corrected chi connectivity index (χ3v) is 3.27. The molecule has 3 heterocycles. The van der Waals surface area contributed by atoms with Crippen molar-refractivity contribution in [1.82, 2.24) is 29.8 Å². The Labute approximate surface area is 112 Å². The first-order chi connectivity index (χ1) is 9.78. The molecule has 0 aliphatic rings. The van der Waals surface area contributed by atoms with Crippen molar-refractivity contribution >= 4 is 27.7 Å². The summed E-state index contributed by atoms with van der Waals surface area (Å²) in [6.45, 7) is 1.97. The van der Waals surface area contributed by atoms with Crippen LogP contribution < -0.4 is 5.56 Å². The fraction of sp³-hybridized carbons (Fsp3) is 0.154. The summed E-state index contributed by atoms with van der Waals surface area (Å²) >= 11 is 0. The molecule has 0 spiro atoms. The van der Waals surface area contributed by atoms with Gasteiger partial charge in [0.15, 0.2) is 11.3 Å². The van der Waals surface area contributed by atoms with E-state index in [1.54, 1.807) is 4.52 Å². The maximum Gasteiger partial charge on any atom is 0.278 e. The highest BCUT2D eigenvalue weighted by Crippen LogP contribution is 2.19. The number of nitrogens with one attached hydrogen (secondary N) is 1. The smallest absolute Gasteiger partial charge is 0.278 e. The number of fused-ring (bicyclic) bond motifs is 5. The van der Waals surface area contributed by atoms with Crippen molar-refractivity contribution in [2.24, 2.45) is 0 Å². The molecular formula is C13H10N6O. The van der Waals surface area contributed by atoms with Crippen LogP contribution in [0, 0.1) is 0 Å². The van der Waals surface area contributed by atoms with Gasteiger partial charge in [-0.3, -0.25) is 4.79 Å². The highest BCUT2D eigenvalue weighted by molar-refractivity contribution is 6.01. The van der Waals surface area contributed by atoms with Crippen LogP contribution in [0.3, 0.4) is 0 Å². The Balaban J connectivity index is 2.35. The van der Waals surface area contributed by atoms with Gasteiger partial charge in [-0.2, -0.15) is 9.50 Å². The number of hydrogen-bond donors (Lipinski definition) is 1. The van der Waals surface area contributed by atoms with E-state index in [1.165, 1.54) is 0 Å². The summed E-state index contributed by atoms with van der Waals surface area (Å²) in [5, 5.41) is 13.2. The van der Waals surface area contributed by atoms with Gasteiger partial charge in [0.2, 0.25) is 0 Å². The molecule has 7 nitrogen and oxygen atoms in total. The molecule has 0 aliphatic heterocycles. The lowest BCUT2D eigenvalue weighted by atomic mass is 10.2. The van der Waals surface area contributed by atoms with Gasteiger partial charge in [0, 0.05) is 11.8 Å². The zero-order valence-electron chi connectivity index (χ0n) is 10.7. The van der Waals surface area contributed by atoms with Crippen LogP contribution in [0.1, 0.15) is 12.7 Å². The number of hydrogen-bond acceptors (Lipinski definition) is 5. The lowest BCUT2D eigenvalue weighted by Gasteiger charge is -2.03. The van der Waals surface area contributed by atoms with Crippen molar-refractivity contribution in [3.05, 3.63) is 40.4 Å². The highest BCUT2D eigenvalue weighted by atomic mass is 16.1. The van der Waals surface area contributed by atoms with Crippen LogP contribution in [0.15, 0.2) is 29.1 Å². The van der Waals surface area contributed by atoms with Crippen molar-refractivity contribution < 1.29 is 0 Å². The fourth-order valence-electron chi connectivity index (χ4n) is 2.33. The van der Waals surface area contributed by atoms with E-state index >= 15 is 0 Å². The van der Waals surface area contributed by atoms with Gasteiger partial charge in [0.25, 0.3) is 11.3 Å². The first kappa shape index (κ1) is 11.0. The van der Waals surface area contributed by atoms with Crippen LogP contribution in [-0.2, 0) is 6.42 Å². The summed E-state index contributed by atoms with van der Waals surface area (Å²) < 4.78 is 1.60. The molecule has 3 aromatic heterocycles. The molecule has 0 atom stereocenters. The molecule has 1 N–H and O–H groups in total. The van der Waals surface area contributed by atoms with Crippen molar-refractivity contribution in [2.75, 3.05) is 0 Å². The van der Waals surface area contributed by atoms with Crippen LogP contribution >= 0.6 is 0 Å². The van der Waals surface area contributed by atoms with Crippen molar-refractivity contribution in [2.45, 2.75) is 13.3 Å². The largest absolute Gasteiger partial charge is 0.320 e. The minimum absolute atomic E-state index is 0.267. The van der Waals surface area contributed by atoms with E-state index in [1.807, 2.05) is 31.2 Å². The minimum atomic E-state index is -0.276. The SMILES string of the molecule is CCc1nc2nnc3c(=O)[nH]c4ccccc4c3n2n1. The third kappa shape index (κ3) is 1.37. The summed E-state index contributed by atoms with van der Waals surface area (Å²) in [7, 11) is 0. The summed E-state index contributed by atoms with van der Waals surface area (Å²) in [6, 6.07) is 7.54. The molecule has 4 aromatic rings. The Kier molecular flexibility index (Phi) is 2.11. The first-order valence-electron chi connectivity index (χ1n) is 6.31. The minimum Gasteiger partial charge on any atom is -0.320 e. The molecule has 0 fully saturated rings. The van der Waals surface area contributed by atoms with Crippen molar-refractivity contribution in [3.63, 3.8) is 0 Å². The van der Waals surface area contributed by atoms with E-state index in [2.05, 4.69) is 25.3 Å². The van der Waals surface area contributed by atoms with Gasteiger partial charge in [0.1, 0.15) is 5.52 Å². The van der Waals surface area contributed by atoms with Crippen LogP contribution in [0.5, 0.6) is 0 Å². The standard InChI is InChI=1S/C13H10N6O/c1-2-9-15-13-17-16-10-11(19(13)18-9)7-5-3-4-6-8(7)14-12(10)20/h3-6H,2H2,1H3,(H,14,20). The molecule has 0 saturated carbocycles. The number of pyridine rings is 1. The predicted molar refractivity (Wildman–Crippen MR) is 73.6 cm³/mol. The lowest BCUT2D eigenvalue weighted by Crippen LogP contribution is -2.12. The Morgan fingerprint density at radius 3 is 2.95 bits per heavy atom. The van der Waals surface area contributed by atoms with E-state index in [9.17, 15) is 4.79 Å². The molecule has 98 valence electrons. The van der Waals surface area contributed by atoms with Gasteiger partial charge in [-0.15, -0.1) is 15.3 Å². The molecule has 0 bridgehead atoms. The van der Waals surface area contributed by atoms with E-state index in [4.69, 9.17) is 0 Å². The fourth-order valence-corrected chi connectivity index (χ4v) is 2.33. The average Bonchev–Trinajstić information content (AvgIpc) is 2.90. The van der Waals surface area contributed by atoms with Crippen LogP contribution in [0.4, 0.5) is 0 Å². The molecular weight excluding hydrogens is 256 g/mol. The molecule has 0 unspecified atom stereocenters. The monoisotopic (exact) mass is 266 g/mol. The highest BCUT2D eigenvalue weighted by Gasteiger charge is 2.13. The number of aryl methyl sites for hydroxylation is 1. The molecule has 4 rings (SSSR count). The molecule has 20 heavy (non-hydrogen) atoms. The summed E-state index contributed by atoms with van der Waals surface area (Å²) in [4.78, 5) is 19.2. The Bertz CT molecular complexity index is 1020. The molecule has 0 amide bonds. The Morgan fingerprint density at radius 2 is 2.10 bits per heavy atom. The van der Waals surface area contributed by atoms with Gasteiger partial charge in [0.05, 0.1) is 5.52 Å². The van der Waals surface area contributed by atoms with E-state index in [-0.39, 0.29) is 11.1 Å². The average molecular weight is 266 g/mol. The molecule has 7 heteroatoms. The quantitative estimate of drug-likeness (QED) is 0.521. The Hall–Kier alpha value is -2.83. The third-order valence-electron chi connectivity index (χ3n) is 3.27. The van der Waals surface area contributed by atoms with Crippen LogP contribution in [0.2, 0.25) is 0 Å². The zero-order valence-corrected chi connectivity index (χ0v) is 10.7. The maximum absolute atomic E-state index is 12.1. The van der Waals surface area contributed by atoms with E-state index < -0.39 is 0 Å². The second kappa shape index (κ2) is 3.83. The van der Waals surface area contributed by atoms with E-state index in [0.717, 1.165) is 10.9 Å². The molecule has 0 saturated heterocycles. The van der Waals surface area contributed by atoms with Crippen LogP contribution in [-0.4, -0.2) is 29.8 Å². The number of benzene rings is 1. The van der Waals surface area contributed by atoms with E-state index in [0.29, 0.717) is 23.5 Å². The number of aromatic nitrogens is 6. The second-order valence-corrected chi connectivity index (χ2v) is 4.49. The molecule has 1 aromatic carbocycles. The zero-order chi connectivity index (χ0) is 13.7. The molecule has 0 radical (unpaired) electrons. The first-order valence-corrected chi connectivity index (χ1v) is 6.31. The van der Waals surface area contributed by atoms with Gasteiger partial charge in [-0.25, -0.2) is 0 Å². The topological polar surface area (TPSA) is 88.8 Å². The van der Waals surface area contributed by atoms with Gasteiger partial charge in [-0.1, -0.05) is 25.1 Å². The summed E-state index contributed by atoms with van der Waals surface area (Å²) in [5.74, 6) is 1.08. The van der Waals surface area contributed by atoms with Crippen molar-refractivity contribution in [3.8, 4) is 0 Å². The maximum atomic E-state index is 12.1. The van der Waals surface area contributed by atoms with Gasteiger partial charge in [-0.05, 0) is 6.07 Å². The van der Waals surface area contributed by atoms with Crippen molar-refractivity contribution in [1.29, 1.82) is 0 Å². The van der Waals surface area contributed by atoms with Gasteiger partial charge >= 0.3 is 0 Å². The normalized spacial score (nSPS) is 11.7. The predicted octanol–water partition coefficient (Wildman–Crippen LogP) is 1.08. The molecule has 0 aliphatic carbocycles.